The Morgan fingerprint density at radius 3 is 1.87 bits per heavy atom. The maximum absolute atomic E-state index is 11.9. The second kappa shape index (κ2) is 6.59. The molecule has 0 aromatic heterocycles. The van der Waals surface area contributed by atoms with Crippen molar-refractivity contribution in [2.75, 3.05) is 0 Å². The van der Waals surface area contributed by atoms with Crippen LogP contribution in [0.3, 0.4) is 0 Å². The summed E-state index contributed by atoms with van der Waals surface area (Å²) in [4.78, 5) is 0. The molecule has 88 valence electrons. The fourth-order valence-electron chi connectivity index (χ4n) is 0.626. The Bertz CT molecular complexity index is 235. The highest BCUT2D eigenvalue weighted by atomic mass is 33.1. The van der Waals surface area contributed by atoms with E-state index in [-0.39, 0.29) is 11.2 Å². The molecule has 15 heavy (non-hydrogen) atoms. The number of hydrogen-bond donors (Lipinski definition) is 0. The second-order valence-corrected chi connectivity index (χ2v) is 6.66. The highest BCUT2D eigenvalue weighted by Crippen LogP contribution is 2.34. The fraction of sp³-hybridized carbons (Fsp3) is 0.800. The van der Waals surface area contributed by atoms with E-state index in [0.717, 1.165) is 0 Å². The molecular formula is C10H15F3S2. The predicted molar refractivity (Wildman–Crippen MR) is 62.8 cm³/mol. The van der Waals surface area contributed by atoms with Crippen molar-refractivity contribution in [1.29, 1.82) is 0 Å². The van der Waals surface area contributed by atoms with Crippen LogP contribution in [0.4, 0.5) is 13.2 Å². The second-order valence-electron chi connectivity index (χ2n) is 3.67. The van der Waals surface area contributed by atoms with Crippen LogP contribution in [0, 0.1) is 17.8 Å². The van der Waals surface area contributed by atoms with Gasteiger partial charge in [0.05, 0.1) is 5.25 Å². The minimum Gasteiger partial charge on any atom is -0.159 e. The van der Waals surface area contributed by atoms with Gasteiger partial charge < -0.3 is 0 Å². The number of hydrogen-bond acceptors (Lipinski definition) is 2. The predicted octanol–water partition coefficient (Wildman–Crippen LogP) is 4.37. The van der Waals surface area contributed by atoms with E-state index < -0.39 is 6.18 Å². The van der Waals surface area contributed by atoms with Crippen molar-refractivity contribution in [1.82, 2.24) is 0 Å². The van der Waals surface area contributed by atoms with Gasteiger partial charge in [-0.2, -0.15) is 13.2 Å². The van der Waals surface area contributed by atoms with Gasteiger partial charge in [-0.15, -0.1) is 0 Å². The Balaban J connectivity index is 4.33. The van der Waals surface area contributed by atoms with Crippen molar-refractivity contribution in [2.45, 2.75) is 44.4 Å². The summed E-state index contributed by atoms with van der Waals surface area (Å²) in [5.41, 5.74) is 0. The Morgan fingerprint density at radius 2 is 1.53 bits per heavy atom. The van der Waals surface area contributed by atoms with Gasteiger partial charge in [0.25, 0.3) is 0 Å². The van der Waals surface area contributed by atoms with E-state index in [1.807, 2.05) is 27.7 Å². The van der Waals surface area contributed by atoms with Crippen molar-refractivity contribution in [3.63, 3.8) is 0 Å². The van der Waals surface area contributed by atoms with E-state index in [4.69, 9.17) is 0 Å². The average molecular weight is 256 g/mol. The normalized spacial score (nSPS) is 13.9. The summed E-state index contributed by atoms with van der Waals surface area (Å²) < 4.78 is 35.7. The van der Waals surface area contributed by atoms with Crippen molar-refractivity contribution >= 4 is 21.6 Å². The third-order valence-corrected chi connectivity index (χ3v) is 4.79. The molecule has 0 nitrogen and oxygen atoms in total. The van der Waals surface area contributed by atoms with Crippen LogP contribution in [-0.2, 0) is 0 Å². The van der Waals surface area contributed by atoms with Gasteiger partial charge in [-0.3, -0.25) is 0 Å². The van der Waals surface area contributed by atoms with E-state index in [1.54, 1.807) is 10.8 Å². The Hall–Kier alpha value is 0.0500. The zero-order chi connectivity index (χ0) is 12.1. The summed E-state index contributed by atoms with van der Waals surface area (Å²) in [5, 5.41) is 0.128. The molecule has 0 aromatic carbocycles. The van der Waals surface area contributed by atoms with Gasteiger partial charge in [0.1, 0.15) is 0 Å². The molecule has 0 aliphatic rings. The van der Waals surface area contributed by atoms with E-state index in [2.05, 4.69) is 5.92 Å². The monoisotopic (exact) mass is 256 g/mol. The van der Waals surface area contributed by atoms with Gasteiger partial charge >= 0.3 is 6.18 Å². The average Bonchev–Trinajstić information content (AvgIpc) is 2.00. The largest absolute Gasteiger partial charge is 0.457 e. The topological polar surface area (TPSA) is 0 Å². The summed E-state index contributed by atoms with van der Waals surface area (Å²) in [6.07, 6.45) is -4.38. The molecular weight excluding hydrogens is 241 g/mol. The van der Waals surface area contributed by atoms with E-state index in [0.29, 0.717) is 5.25 Å². The van der Waals surface area contributed by atoms with Crippen molar-refractivity contribution in [2.24, 2.45) is 5.92 Å². The van der Waals surface area contributed by atoms with Gasteiger partial charge in [-0.05, 0) is 5.92 Å². The molecule has 0 N–H and O–H groups in total. The first-order chi connectivity index (χ1) is 6.72. The highest BCUT2D eigenvalue weighted by Gasteiger charge is 2.24. The van der Waals surface area contributed by atoms with Crippen LogP contribution in [0.25, 0.3) is 0 Å². The SMILES string of the molecule is CC(C)SSC(C#CC(F)(F)F)C(C)C. The molecule has 0 spiro atoms. The first kappa shape index (κ1) is 15.0. The first-order valence-electron chi connectivity index (χ1n) is 4.64. The summed E-state index contributed by atoms with van der Waals surface area (Å²) in [6, 6.07) is 0. The number of alkyl halides is 3. The molecule has 5 heteroatoms. The zero-order valence-electron chi connectivity index (χ0n) is 9.18. The highest BCUT2D eigenvalue weighted by molar-refractivity contribution is 8.77. The molecule has 0 heterocycles. The minimum absolute atomic E-state index is 0.121. The van der Waals surface area contributed by atoms with Gasteiger partial charge in [0.2, 0.25) is 0 Å². The van der Waals surface area contributed by atoms with Crippen molar-refractivity contribution in [3.05, 3.63) is 0 Å². The van der Waals surface area contributed by atoms with Gasteiger partial charge in [-0.1, -0.05) is 55.2 Å². The molecule has 1 atom stereocenters. The fourth-order valence-corrected chi connectivity index (χ4v) is 3.13. The Labute approximate surface area is 97.2 Å². The van der Waals surface area contributed by atoms with Crippen molar-refractivity contribution in [3.8, 4) is 11.8 Å². The molecule has 0 amide bonds. The van der Waals surface area contributed by atoms with E-state index in [1.165, 1.54) is 16.7 Å². The molecule has 0 fully saturated rings. The van der Waals surface area contributed by atoms with Crippen LogP contribution in [0.1, 0.15) is 27.7 Å². The lowest BCUT2D eigenvalue weighted by molar-refractivity contribution is -0.0697. The Morgan fingerprint density at radius 1 is 1.00 bits per heavy atom. The smallest absolute Gasteiger partial charge is 0.159 e. The van der Waals surface area contributed by atoms with Crippen LogP contribution in [0.15, 0.2) is 0 Å². The van der Waals surface area contributed by atoms with Gasteiger partial charge in [-0.25, -0.2) is 0 Å². The minimum atomic E-state index is -4.38. The molecule has 0 rings (SSSR count). The zero-order valence-corrected chi connectivity index (χ0v) is 10.8. The Kier molecular flexibility index (Phi) is 6.62. The molecule has 0 aliphatic heterocycles. The third-order valence-electron chi connectivity index (χ3n) is 1.31. The maximum atomic E-state index is 11.9. The number of rotatable bonds is 4. The molecule has 0 saturated heterocycles. The van der Waals surface area contributed by atoms with Crippen LogP contribution in [0.5, 0.6) is 0 Å². The summed E-state index contributed by atoms with van der Waals surface area (Å²) in [7, 11) is 2.99. The third kappa shape index (κ3) is 9.01. The van der Waals surface area contributed by atoms with Gasteiger partial charge in [0.15, 0.2) is 0 Å². The van der Waals surface area contributed by atoms with Crippen molar-refractivity contribution < 1.29 is 13.2 Å². The molecule has 0 saturated carbocycles. The molecule has 0 aliphatic carbocycles. The summed E-state index contributed by atoms with van der Waals surface area (Å²) in [6.45, 7) is 7.77. The lowest BCUT2D eigenvalue weighted by Gasteiger charge is -2.14. The van der Waals surface area contributed by atoms with Gasteiger partial charge in [0, 0.05) is 11.2 Å². The van der Waals surface area contributed by atoms with E-state index in [9.17, 15) is 13.2 Å². The molecule has 1 unspecified atom stereocenters. The molecule has 0 aromatic rings. The lowest BCUT2D eigenvalue weighted by atomic mass is 10.1. The standard InChI is InChI=1S/C10H15F3S2/c1-7(2)9(15-14-8(3)4)5-6-10(11,12)13/h7-9H,1-4H3. The molecule has 0 bridgehead atoms. The van der Waals surface area contributed by atoms with Crippen LogP contribution < -0.4 is 0 Å². The van der Waals surface area contributed by atoms with Crippen LogP contribution in [-0.4, -0.2) is 16.7 Å². The van der Waals surface area contributed by atoms with E-state index >= 15 is 0 Å². The summed E-state index contributed by atoms with van der Waals surface area (Å²) in [5.74, 6) is 3.75. The molecule has 0 radical (unpaired) electrons. The quantitative estimate of drug-likeness (QED) is 0.541. The maximum Gasteiger partial charge on any atom is 0.457 e. The lowest BCUT2D eigenvalue weighted by Crippen LogP contribution is -2.10. The summed E-state index contributed by atoms with van der Waals surface area (Å²) >= 11 is 0. The first-order valence-corrected chi connectivity index (χ1v) is 6.91. The number of halogens is 3. The van der Waals surface area contributed by atoms with Crippen LogP contribution >= 0.6 is 21.6 Å². The van der Waals surface area contributed by atoms with Crippen LogP contribution in [0.2, 0.25) is 0 Å².